The molecule has 0 fully saturated rings. The van der Waals surface area contributed by atoms with E-state index in [9.17, 15) is 13.2 Å². The summed E-state index contributed by atoms with van der Waals surface area (Å²) in [6.07, 6.45) is -3.35. The van der Waals surface area contributed by atoms with Gasteiger partial charge in [0.05, 0.1) is 17.2 Å². The SMILES string of the molecule is CCOc1ncnc(Nc2ccc(Cl)c(C(F)(F)F)c2)c1N. The third kappa shape index (κ3) is 3.51. The summed E-state index contributed by atoms with van der Waals surface area (Å²) in [4.78, 5) is 7.73. The van der Waals surface area contributed by atoms with E-state index in [-0.39, 0.29) is 28.1 Å². The highest BCUT2D eigenvalue weighted by atomic mass is 35.5. The van der Waals surface area contributed by atoms with Gasteiger partial charge in [-0.1, -0.05) is 11.6 Å². The number of nitrogens with two attached hydrogens (primary N) is 1. The number of aromatic nitrogens is 2. The molecule has 9 heteroatoms. The van der Waals surface area contributed by atoms with E-state index in [1.54, 1.807) is 6.92 Å². The van der Waals surface area contributed by atoms with E-state index in [0.717, 1.165) is 12.1 Å². The summed E-state index contributed by atoms with van der Waals surface area (Å²) >= 11 is 5.56. The van der Waals surface area contributed by atoms with Crippen LogP contribution in [0.3, 0.4) is 0 Å². The Hall–Kier alpha value is -2.22. The maximum atomic E-state index is 12.8. The second kappa shape index (κ2) is 6.27. The minimum absolute atomic E-state index is 0.104. The van der Waals surface area contributed by atoms with Crippen molar-refractivity contribution in [3.05, 3.63) is 35.1 Å². The van der Waals surface area contributed by atoms with E-state index < -0.39 is 11.7 Å². The van der Waals surface area contributed by atoms with Crippen molar-refractivity contribution in [1.82, 2.24) is 9.97 Å². The summed E-state index contributed by atoms with van der Waals surface area (Å²) in [7, 11) is 0. The fourth-order valence-corrected chi connectivity index (χ4v) is 1.91. The second-order valence-electron chi connectivity index (χ2n) is 4.19. The Kier molecular flexibility index (Phi) is 4.60. The monoisotopic (exact) mass is 332 g/mol. The number of nitrogen functional groups attached to an aromatic ring is 1. The average Bonchev–Trinajstić information content (AvgIpc) is 2.44. The minimum Gasteiger partial charge on any atom is -0.476 e. The number of nitrogens with one attached hydrogen (secondary N) is 1. The molecule has 0 radical (unpaired) electrons. The number of ether oxygens (including phenoxy) is 1. The fourth-order valence-electron chi connectivity index (χ4n) is 1.69. The Labute approximate surface area is 129 Å². The molecule has 0 aliphatic rings. The number of alkyl halides is 3. The summed E-state index contributed by atoms with van der Waals surface area (Å²) < 4.78 is 43.7. The molecule has 5 nitrogen and oxygen atoms in total. The van der Waals surface area contributed by atoms with E-state index in [4.69, 9.17) is 22.1 Å². The molecule has 118 valence electrons. The van der Waals surface area contributed by atoms with Gasteiger partial charge < -0.3 is 15.8 Å². The van der Waals surface area contributed by atoms with Gasteiger partial charge in [0.25, 0.3) is 0 Å². The lowest BCUT2D eigenvalue weighted by molar-refractivity contribution is -0.137. The molecule has 2 rings (SSSR count). The lowest BCUT2D eigenvalue weighted by Crippen LogP contribution is -2.08. The highest BCUT2D eigenvalue weighted by Crippen LogP contribution is 2.37. The number of rotatable bonds is 4. The van der Waals surface area contributed by atoms with Crippen LogP contribution in [0.4, 0.5) is 30.4 Å². The summed E-state index contributed by atoms with van der Waals surface area (Å²) in [5, 5.41) is 2.31. The van der Waals surface area contributed by atoms with Crippen LogP contribution in [-0.2, 0) is 6.18 Å². The summed E-state index contributed by atoms with van der Waals surface area (Å²) in [5.41, 5.74) is 5.11. The molecule has 0 unspecified atom stereocenters. The fraction of sp³-hybridized carbons (Fsp3) is 0.231. The first-order valence-corrected chi connectivity index (χ1v) is 6.57. The number of hydrogen-bond acceptors (Lipinski definition) is 5. The van der Waals surface area contributed by atoms with Gasteiger partial charge in [0.15, 0.2) is 5.82 Å². The van der Waals surface area contributed by atoms with Gasteiger partial charge >= 0.3 is 6.18 Å². The Morgan fingerprint density at radius 1 is 1.32 bits per heavy atom. The normalized spacial score (nSPS) is 11.3. The van der Waals surface area contributed by atoms with E-state index in [2.05, 4.69) is 15.3 Å². The smallest absolute Gasteiger partial charge is 0.417 e. The average molecular weight is 333 g/mol. The van der Waals surface area contributed by atoms with Crippen LogP contribution in [0, 0.1) is 0 Å². The van der Waals surface area contributed by atoms with Crippen LogP contribution in [0.25, 0.3) is 0 Å². The molecule has 0 atom stereocenters. The van der Waals surface area contributed by atoms with Crippen molar-refractivity contribution in [1.29, 1.82) is 0 Å². The molecule has 0 aliphatic carbocycles. The van der Waals surface area contributed by atoms with E-state index in [1.165, 1.54) is 12.4 Å². The van der Waals surface area contributed by atoms with Crippen molar-refractivity contribution in [2.24, 2.45) is 0 Å². The molecule has 0 aliphatic heterocycles. The third-order valence-corrected chi connectivity index (χ3v) is 2.99. The number of anilines is 3. The predicted molar refractivity (Wildman–Crippen MR) is 77.4 cm³/mol. The lowest BCUT2D eigenvalue weighted by atomic mass is 10.2. The predicted octanol–water partition coefficient (Wildman–Crippen LogP) is 3.87. The van der Waals surface area contributed by atoms with Crippen molar-refractivity contribution in [3.63, 3.8) is 0 Å². The van der Waals surface area contributed by atoms with Gasteiger partial charge in [-0.05, 0) is 25.1 Å². The molecule has 22 heavy (non-hydrogen) atoms. The van der Waals surface area contributed by atoms with Crippen molar-refractivity contribution in [2.45, 2.75) is 13.1 Å². The minimum atomic E-state index is -4.55. The molecule has 0 spiro atoms. The lowest BCUT2D eigenvalue weighted by Gasteiger charge is -2.14. The molecular formula is C13H12ClF3N4O. The maximum absolute atomic E-state index is 12.8. The van der Waals surface area contributed by atoms with Crippen molar-refractivity contribution in [3.8, 4) is 5.88 Å². The van der Waals surface area contributed by atoms with Gasteiger partial charge in [-0.2, -0.15) is 18.2 Å². The van der Waals surface area contributed by atoms with Crippen molar-refractivity contribution >= 4 is 28.8 Å². The number of halogens is 4. The molecule has 1 aromatic heterocycles. The topological polar surface area (TPSA) is 73.1 Å². The molecule has 1 aromatic carbocycles. The highest BCUT2D eigenvalue weighted by Gasteiger charge is 2.33. The third-order valence-electron chi connectivity index (χ3n) is 2.66. The van der Waals surface area contributed by atoms with Gasteiger partial charge in [0.2, 0.25) is 5.88 Å². The van der Waals surface area contributed by atoms with E-state index in [0.29, 0.717) is 6.61 Å². The number of hydrogen-bond donors (Lipinski definition) is 2. The van der Waals surface area contributed by atoms with Crippen LogP contribution < -0.4 is 15.8 Å². The second-order valence-corrected chi connectivity index (χ2v) is 4.60. The van der Waals surface area contributed by atoms with Gasteiger partial charge in [0, 0.05) is 5.69 Å². The van der Waals surface area contributed by atoms with Crippen LogP contribution >= 0.6 is 11.6 Å². The summed E-state index contributed by atoms with van der Waals surface area (Å²) in [5.74, 6) is 0.305. The highest BCUT2D eigenvalue weighted by molar-refractivity contribution is 6.31. The van der Waals surface area contributed by atoms with Crippen LogP contribution in [0.5, 0.6) is 5.88 Å². The largest absolute Gasteiger partial charge is 0.476 e. The number of benzene rings is 1. The molecule has 2 aromatic rings. The van der Waals surface area contributed by atoms with Crippen LogP contribution in [0.15, 0.2) is 24.5 Å². The molecule has 0 saturated carbocycles. The number of nitrogens with zero attached hydrogens (tertiary/aromatic N) is 2. The Morgan fingerprint density at radius 2 is 2.05 bits per heavy atom. The molecule has 0 amide bonds. The standard InChI is InChI=1S/C13H12ClF3N4O/c1-2-22-12-10(18)11(19-6-20-12)21-7-3-4-9(14)8(5-7)13(15,16)17/h3-6H,2,18H2,1H3,(H,19,20,21). The first kappa shape index (κ1) is 16.2. The quantitative estimate of drug-likeness (QED) is 0.889. The van der Waals surface area contributed by atoms with Crippen molar-refractivity contribution < 1.29 is 17.9 Å². The van der Waals surface area contributed by atoms with Crippen LogP contribution in [0.1, 0.15) is 12.5 Å². The molecule has 1 heterocycles. The maximum Gasteiger partial charge on any atom is 0.417 e. The van der Waals surface area contributed by atoms with Gasteiger partial charge in [0.1, 0.15) is 12.0 Å². The first-order valence-electron chi connectivity index (χ1n) is 6.20. The summed E-state index contributed by atoms with van der Waals surface area (Å²) in [6.45, 7) is 2.10. The van der Waals surface area contributed by atoms with Gasteiger partial charge in [-0.3, -0.25) is 0 Å². The van der Waals surface area contributed by atoms with Gasteiger partial charge in [-0.25, -0.2) is 4.98 Å². The molecule has 0 saturated heterocycles. The van der Waals surface area contributed by atoms with Crippen LogP contribution in [-0.4, -0.2) is 16.6 Å². The molecule has 0 bridgehead atoms. The van der Waals surface area contributed by atoms with Crippen LogP contribution in [0.2, 0.25) is 5.02 Å². The van der Waals surface area contributed by atoms with Crippen molar-refractivity contribution in [2.75, 3.05) is 17.7 Å². The zero-order valence-electron chi connectivity index (χ0n) is 11.4. The molecular weight excluding hydrogens is 321 g/mol. The van der Waals surface area contributed by atoms with Gasteiger partial charge in [-0.15, -0.1) is 0 Å². The Morgan fingerprint density at radius 3 is 2.68 bits per heavy atom. The zero-order chi connectivity index (χ0) is 16.3. The Balaban J connectivity index is 2.34. The van der Waals surface area contributed by atoms with E-state index >= 15 is 0 Å². The zero-order valence-corrected chi connectivity index (χ0v) is 12.2. The van der Waals surface area contributed by atoms with E-state index in [1.807, 2.05) is 0 Å². The molecule has 3 N–H and O–H groups in total. The Bertz CT molecular complexity index is 679. The summed E-state index contributed by atoms with van der Waals surface area (Å²) in [6, 6.07) is 3.41. The first-order chi connectivity index (χ1) is 10.3.